The first-order valence-electron chi connectivity index (χ1n) is 9.92. The van der Waals surface area contributed by atoms with E-state index in [4.69, 9.17) is 4.74 Å². The molecule has 0 bridgehead atoms. The smallest absolute Gasteiger partial charge is 0.255 e. The Kier molecular flexibility index (Phi) is 5.67. The van der Waals surface area contributed by atoms with E-state index in [1.165, 1.54) is 11.3 Å². The van der Waals surface area contributed by atoms with Gasteiger partial charge in [-0.15, -0.1) is 11.3 Å². The Morgan fingerprint density at radius 1 is 1.17 bits per heavy atom. The van der Waals surface area contributed by atoms with Crippen LogP contribution in [0.4, 0.5) is 5.13 Å². The monoisotopic (exact) mass is 424 g/mol. The van der Waals surface area contributed by atoms with Crippen LogP contribution in [0, 0.1) is 19.8 Å². The molecule has 0 radical (unpaired) electrons. The van der Waals surface area contributed by atoms with Gasteiger partial charge >= 0.3 is 0 Å². The number of aromatic nitrogens is 2. The van der Waals surface area contributed by atoms with E-state index in [1.807, 2.05) is 48.4 Å². The lowest BCUT2D eigenvalue weighted by Crippen LogP contribution is -2.41. The predicted molar refractivity (Wildman–Crippen MR) is 117 cm³/mol. The van der Waals surface area contributed by atoms with Gasteiger partial charge in [-0.3, -0.25) is 14.6 Å². The number of thiazole rings is 1. The lowest BCUT2D eigenvalue weighted by atomic mass is 9.95. The number of benzene rings is 1. The van der Waals surface area contributed by atoms with E-state index < -0.39 is 0 Å². The number of hydrogen-bond donors (Lipinski definition) is 1. The summed E-state index contributed by atoms with van der Waals surface area (Å²) >= 11 is 1.43. The van der Waals surface area contributed by atoms with Crippen LogP contribution in [-0.2, 0) is 4.79 Å². The first kappa shape index (κ1) is 20.3. The van der Waals surface area contributed by atoms with Gasteiger partial charge in [0.15, 0.2) is 5.13 Å². The number of rotatable bonds is 4. The van der Waals surface area contributed by atoms with Crippen molar-refractivity contribution in [3.8, 4) is 5.75 Å². The standard InChI is InChI=1S/C22H24N4O3S/c1-13-12-30-22(23-13)25-20(27)15-6-8-26(9-7-15)21(28)18-10-16-4-5-17(29-3)11-19(16)24-14(18)2/h4-5,10-12,15H,6-9H2,1-3H3,(H,23,25,27). The SMILES string of the molecule is COc1ccc2cc(C(=O)N3CCC(C(=O)Nc4nc(C)cs4)CC3)c(C)nc2c1. The van der Waals surface area contributed by atoms with E-state index in [0.29, 0.717) is 42.3 Å². The van der Waals surface area contributed by atoms with Crippen molar-refractivity contribution in [1.29, 1.82) is 0 Å². The van der Waals surface area contributed by atoms with Gasteiger partial charge in [0.1, 0.15) is 5.75 Å². The number of ether oxygens (including phenoxy) is 1. The first-order chi connectivity index (χ1) is 14.4. The molecule has 0 unspecified atom stereocenters. The van der Waals surface area contributed by atoms with Gasteiger partial charge in [0.2, 0.25) is 5.91 Å². The van der Waals surface area contributed by atoms with E-state index >= 15 is 0 Å². The highest BCUT2D eigenvalue weighted by Crippen LogP contribution is 2.25. The molecule has 1 fully saturated rings. The molecule has 0 saturated carbocycles. The van der Waals surface area contributed by atoms with Crippen molar-refractivity contribution in [2.24, 2.45) is 5.92 Å². The summed E-state index contributed by atoms with van der Waals surface area (Å²) in [6.07, 6.45) is 1.28. The van der Waals surface area contributed by atoms with Crippen LogP contribution in [0.3, 0.4) is 0 Å². The largest absolute Gasteiger partial charge is 0.497 e. The van der Waals surface area contributed by atoms with Crippen LogP contribution in [0.2, 0.25) is 0 Å². The Morgan fingerprint density at radius 2 is 1.93 bits per heavy atom. The van der Waals surface area contributed by atoms with Crippen molar-refractivity contribution in [1.82, 2.24) is 14.9 Å². The number of fused-ring (bicyclic) bond motifs is 1. The topological polar surface area (TPSA) is 84.4 Å². The first-order valence-corrected chi connectivity index (χ1v) is 10.8. The van der Waals surface area contributed by atoms with Gasteiger partial charge in [-0.2, -0.15) is 0 Å². The number of likely N-dealkylation sites (tertiary alicyclic amines) is 1. The van der Waals surface area contributed by atoms with Crippen LogP contribution in [0.15, 0.2) is 29.6 Å². The van der Waals surface area contributed by atoms with Crippen LogP contribution in [0.5, 0.6) is 5.75 Å². The molecule has 1 aliphatic rings. The Bertz CT molecular complexity index is 1100. The minimum absolute atomic E-state index is 0.0195. The molecule has 0 atom stereocenters. The Labute approximate surface area is 179 Å². The number of nitrogens with one attached hydrogen (secondary N) is 1. The van der Waals surface area contributed by atoms with Gasteiger partial charge in [-0.05, 0) is 44.9 Å². The highest BCUT2D eigenvalue weighted by molar-refractivity contribution is 7.13. The molecule has 30 heavy (non-hydrogen) atoms. The van der Waals surface area contributed by atoms with Crippen molar-refractivity contribution in [3.05, 3.63) is 46.6 Å². The molecule has 3 aromatic rings. The molecule has 4 rings (SSSR count). The molecule has 0 aliphatic carbocycles. The highest BCUT2D eigenvalue weighted by Gasteiger charge is 2.29. The third kappa shape index (κ3) is 4.14. The zero-order valence-electron chi connectivity index (χ0n) is 17.3. The average molecular weight is 425 g/mol. The lowest BCUT2D eigenvalue weighted by Gasteiger charge is -2.31. The normalized spacial score (nSPS) is 14.7. The molecule has 1 saturated heterocycles. The quantitative estimate of drug-likeness (QED) is 0.689. The number of carbonyl (C=O) groups excluding carboxylic acids is 2. The van der Waals surface area contributed by atoms with Crippen LogP contribution >= 0.6 is 11.3 Å². The maximum Gasteiger partial charge on any atom is 0.255 e. The third-order valence-corrected chi connectivity index (χ3v) is 6.32. The molecule has 3 heterocycles. The van der Waals surface area contributed by atoms with E-state index in [-0.39, 0.29) is 17.7 Å². The predicted octanol–water partition coefficient (Wildman–Crippen LogP) is 3.81. The number of piperidine rings is 1. The van der Waals surface area contributed by atoms with E-state index in [2.05, 4.69) is 15.3 Å². The van der Waals surface area contributed by atoms with Gasteiger partial charge in [0.25, 0.3) is 5.91 Å². The fraction of sp³-hybridized carbons (Fsp3) is 0.364. The van der Waals surface area contributed by atoms with Crippen LogP contribution in [0.25, 0.3) is 10.9 Å². The Hall–Kier alpha value is -3.00. The fourth-order valence-corrected chi connectivity index (χ4v) is 4.41. The van der Waals surface area contributed by atoms with Gasteiger partial charge < -0.3 is 15.0 Å². The number of nitrogens with zero attached hydrogens (tertiary/aromatic N) is 3. The molecule has 1 aromatic carbocycles. The minimum atomic E-state index is -0.110. The van der Waals surface area contributed by atoms with E-state index in [9.17, 15) is 9.59 Å². The summed E-state index contributed by atoms with van der Waals surface area (Å²) in [5.41, 5.74) is 3.00. The van der Waals surface area contributed by atoms with Crippen molar-refractivity contribution in [2.75, 3.05) is 25.5 Å². The average Bonchev–Trinajstić information content (AvgIpc) is 3.16. The van der Waals surface area contributed by atoms with Gasteiger partial charge in [-0.1, -0.05) is 0 Å². The van der Waals surface area contributed by atoms with Crippen LogP contribution in [0.1, 0.15) is 34.6 Å². The zero-order valence-corrected chi connectivity index (χ0v) is 18.1. The summed E-state index contributed by atoms with van der Waals surface area (Å²) in [5, 5.41) is 6.33. The summed E-state index contributed by atoms with van der Waals surface area (Å²) < 4.78 is 5.25. The van der Waals surface area contributed by atoms with Crippen molar-refractivity contribution in [2.45, 2.75) is 26.7 Å². The zero-order chi connectivity index (χ0) is 21.3. The molecule has 8 heteroatoms. The maximum absolute atomic E-state index is 13.1. The van der Waals surface area contributed by atoms with Gasteiger partial charge in [0, 0.05) is 35.8 Å². The molecular formula is C22H24N4O3S. The minimum Gasteiger partial charge on any atom is -0.497 e. The highest BCUT2D eigenvalue weighted by atomic mass is 32.1. The Balaban J connectivity index is 1.42. The molecule has 1 N–H and O–H groups in total. The number of amides is 2. The van der Waals surface area contributed by atoms with Gasteiger partial charge in [0.05, 0.1) is 29.6 Å². The summed E-state index contributed by atoms with van der Waals surface area (Å²) in [6.45, 7) is 4.85. The summed E-state index contributed by atoms with van der Waals surface area (Å²) in [4.78, 5) is 36.3. The molecule has 0 spiro atoms. The van der Waals surface area contributed by atoms with Crippen molar-refractivity contribution < 1.29 is 14.3 Å². The molecular weight excluding hydrogens is 400 g/mol. The van der Waals surface area contributed by atoms with Gasteiger partial charge in [-0.25, -0.2) is 4.98 Å². The summed E-state index contributed by atoms with van der Waals surface area (Å²) in [6, 6.07) is 7.53. The number of carbonyl (C=O) groups is 2. The fourth-order valence-electron chi connectivity index (χ4n) is 3.72. The molecule has 2 aromatic heterocycles. The van der Waals surface area contributed by atoms with Crippen LogP contribution < -0.4 is 10.1 Å². The van der Waals surface area contributed by atoms with Crippen molar-refractivity contribution >= 4 is 39.2 Å². The number of anilines is 1. The molecule has 156 valence electrons. The Morgan fingerprint density at radius 3 is 2.60 bits per heavy atom. The second-order valence-corrected chi connectivity index (χ2v) is 8.39. The third-order valence-electron chi connectivity index (χ3n) is 5.45. The molecule has 7 nitrogen and oxygen atoms in total. The number of methoxy groups -OCH3 is 1. The second-order valence-electron chi connectivity index (χ2n) is 7.53. The summed E-state index contributed by atoms with van der Waals surface area (Å²) in [7, 11) is 1.62. The number of aryl methyl sites for hydroxylation is 2. The second kappa shape index (κ2) is 8.39. The van der Waals surface area contributed by atoms with Crippen LogP contribution in [-0.4, -0.2) is 46.9 Å². The van der Waals surface area contributed by atoms with E-state index in [1.54, 1.807) is 7.11 Å². The molecule has 1 aliphatic heterocycles. The molecule has 2 amide bonds. The lowest BCUT2D eigenvalue weighted by molar-refractivity contribution is -0.121. The van der Waals surface area contributed by atoms with E-state index in [0.717, 1.165) is 22.3 Å². The van der Waals surface area contributed by atoms with Crippen molar-refractivity contribution in [3.63, 3.8) is 0 Å². The maximum atomic E-state index is 13.1. The number of hydrogen-bond acceptors (Lipinski definition) is 6. The summed E-state index contributed by atoms with van der Waals surface area (Å²) in [5.74, 6) is 0.573. The number of pyridine rings is 1.